The van der Waals surface area contributed by atoms with Gasteiger partial charge >= 0.3 is 6.03 Å². The minimum absolute atomic E-state index is 0.0236. The number of rotatable bonds is 3. The second-order valence-corrected chi connectivity index (χ2v) is 2.86. The molecule has 0 heterocycles. The van der Waals surface area contributed by atoms with Gasteiger partial charge in [-0.2, -0.15) is 0 Å². The maximum absolute atomic E-state index is 11.0. The summed E-state index contributed by atoms with van der Waals surface area (Å²) in [5.74, 6) is -0.676. The first-order chi connectivity index (χ1) is 6.02. The number of carbonyl (C=O) groups excluding carboxylic acids is 2. The molecule has 0 radical (unpaired) electrons. The van der Waals surface area contributed by atoms with Crippen LogP contribution in [0.15, 0.2) is 5.29 Å². The van der Waals surface area contributed by atoms with Gasteiger partial charge in [-0.1, -0.05) is 18.5 Å². The molecule has 6 nitrogen and oxygen atoms in total. The van der Waals surface area contributed by atoms with E-state index in [0.29, 0.717) is 0 Å². The first-order valence-corrected chi connectivity index (χ1v) is 4.07. The van der Waals surface area contributed by atoms with Crippen molar-refractivity contribution in [3.05, 3.63) is 4.91 Å². The first-order valence-electron chi connectivity index (χ1n) is 3.63. The van der Waals surface area contributed by atoms with Crippen molar-refractivity contribution in [1.29, 1.82) is 0 Å². The number of imide groups is 1. The summed E-state index contributed by atoms with van der Waals surface area (Å²) < 4.78 is 0. The average molecular weight is 208 g/mol. The van der Waals surface area contributed by atoms with Crippen LogP contribution in [0, 0.1) is 4.91 Å². The molecule has 0 aromatic heterocycles. The van der Waals surface area contributed by atoms with E-state index in [1.165, 1.54) is 13.8 Å². The Morgan fingerprint density at radius 3 is 2.46 bits per heavy atom. The Morgan fingerprint density at radius 1 is 1.62 bits per heavy atom. The molecule has 0 fully saturated rings. The molecule has 0 aliphatic rings. The highest BCUT2D eigenvalue weighted by atomic mass is 35.5. The van der Waals surface area contributed by atoms with Crippen molar-refractivity contribution in [3.8, 4) is 0 Å². The molecule has 0 aromatic carbocycles. The van der Waals surface area contributed by atoms with E-state index in [4.69, 9.17) is 11.6 Å². The van der Waals surface area contributed by atoms with Crippen molar-refractivity contribution in [2.45, 2.75) is 25.8 Å². The van der Waals surface area contributed by atoms with Gasteiger partial charge in [-0.3, -0.25) is 4.79 Å². The van der Waals surface area contributed by atoms with Gasteiger partial charge in [0.25, 0.3) is 5.91 Å². The van der Waals surface area contributed by atoms with Crippen LogP contribution in [0.3, 0.4) is 0 Å². The largest absolute Gasteiger partial charge is 0.348 e. The molecule has 0 saturated heterocycles. The Hall–Kier alpha value is -1.17. The topological polar surface area (TPSA) is 78.8 Å². The summed E-state index contributed by atoms with van der Waals surface area (Å²) in [5.41, 5.74) is -0.665. The number of amides is 3. The molecular weight excluding hydrogens is 198 g/mol. The van der Waals surface area contributed by atoms with Crippen molar-refractivity contribution in [1.82, 2.24) is 10.3 Å². The quantitative estimate of drug-likeness (QED) is 0.327. The van der Waals surface area contributed by atoms with E-state index in [1.54, 1.807) is 0 Å². The van der Waals surface area contributed by atoms with Crippen LogP contribution in [-0.4, -0.2) is 22.4 Å². The molecule has 0 rings (SSSR count). The fourth-order valence-electron chi connectivity index (χ4n) is 0.577. The molecule has 3 amide bonds. The van der Waals surface area contributed by atoms with Gasteiger partial charge < -0.3 is 5.32 Å². The summed E-state index contributed by atoms with van der Waals surface area (Å²) in [6.07, 6.45) is 0.0236. The smallest absolute Gasteiger partial charge is 0.320 e. The Morgan fingerprint density at radius 2 is 2.15 bits per heavy atom. The molecule has 0 saturated carbocycles. The Kier molecular flexibility index (Phi) is 4.98. The molecular formula is C6H10ClN3O3. The van der Waals surface area contributed by atoms with Crippen LogP contribution >= 0.6 is 11.6 Å². The lowest BCUT2D eigenvalue weighted by molar-refractivity contribution is -0.128. The third-order valence-corrected chi connectivity index (χ3v) is 1.24. The summed E-state index contributed by atoms with van der Waals surface area (Å²) >= 11 is 5.41. The molecule has 0 aliphatic heterocycles. The van der Waals surface area contributed by atoms with Crippen molar-refractivity contribution in [3.63, 3.8) is 0 Å². The Labute approximate surface area is 80.2 Å². The second kappa shape index (κ2) is 5.47. The van der Waals surface area contributed by atoms with E-state index in [-0.39, 0.29) is 11.4 Å². The van der Waals surface area contributed by atoms with Crippen LogP contribution in [0.5, 0.6) is 0 Å². The average Bonchev–Trinajstić information content (AvgIpc) is 2.03. The molecule has 74 valence electrons. The summed E-state index contributed by atoms with van der Waals surface area (Å²) in [6.45, 7) is 3.00. The van der Waals surface area contributed by atoms with Crippen LogP contribution in [0.4, 0.5) is 4.79 Å². The molecule has 0 aliphatic carbocycles. The number of nitrogens with zero attached hydrogens (tertiary/aromatic N) is 2. The molecule has 13 heavy (non-hydrogen) atoms. The fourth-order valence-corrected chi connectivity index (χ4v) is 0.670. The standard InChI is InChI=1S/C6H10ClN3O3/c1-3-5(11)10(9-13)6(12)8-4(2)7/h4H,3H2,1-2H3,(H,8,12). The normalized spacial score (nSPS) is 11.6. The van der Waals surface area contributed by atoms with Gasteiger partial charge in [0, 0.05) is 6.42 Å². The van der Waals surface area contributed by atoms with Crippen molar-refractivity contribution < 1.29 is 9.59 Å². The van der Waals surface area contributed by atoms with E-state index in [9.17, 15) is 14.5 Å². The number of hydrogen-bond acceptors (Lipinski definition) is 4. The predicted octanol–water partition coefficient (Wildman–Crippen LogP) is 1.20. The highest BCUT2D eigenvalue weighted by Gasteiger charge is 2.21. The molecule has 1 N–H and O–H groups in total. The van der Waals surface area contributed by atoms with Gasteiger partial charge in [-0.05, 0) is 6.92 Å². The highest BCUT2D eigenvalue weighted by molar-refractivity contribution is 6.21. The van der Waals surface area contributed by atoms with Crippen LogP contribution in [0.25, 0.3) is 0 Å². The third kappa shape index (κ3) is 3.84. The van der Waals surface area contributed by atoms with E-state index in [1.807, 2.05) is 0 Å². The zero-order valence-electron chi connectivity index (χ0n) is 7.28. The van der Waals surface area contributed by atoms with Crippen LogP contribution < -0.4 is 5.32 Å². The van der Waals surface area contributed by atoms with Gasteiger partial charge in [0.1, 0.15) is 5.50 Å². The number of halogens is 1. The molecule has 0 bridgehead atoms. The lowest BCUT2D eigenvalue weighted by atomic mass is 10.4. The molecule has 1 unspecified atom stereocenters. The monoisotopic (exact) mass is 207 g/mol. The number of alkyl halides is 1. The minimum Gasteiger partial charge on any atom is -0.320 e. The summed E-state index contributed by atoms with van der Waals surface area (Å²) in [6, 6.07) is -0.913. The highest BCUT2D eigenvalue weighted by Crippen LogP contribution is 1.97. The lowest BCUT2D eigenvalue weighted by Gasteiger charge is -2.12. The number of urea groups is 1. The van der Waals surface area contributed by atoms with Crippen molar-refractivity contribution in [2.75, 3.05) is 0 Å². The molecule has 0 spiro atoms. The third-order valence-electron chi connectivity index (χ3n) is 1.14. The van der Waals surface area contributed by atoms with E-state index >= 15 is 0 Å². The predicted molar refractivity (Wildman–Crippen MR) is 46.8 cm³/mol. The summed E-state index contributed by atoms with van der Waals surface area (Å²) in [7, 11) is 0. The Bertz CT molecular complexity index is 219. The van der Waals surface area contributed by atoms with Crippen molar-refractivity contribution in [2.24, 2.45) is 5.29 Å². The summed E-state index contributed by atoms with van der Waals surface area (Å²) in [5, 5.41) is 4.63. The number of nitrogens with one attached hydrogen (secondary N) is 1. The molecule has 1 atom stereocenters. The maximum Gasteiger partial charge on any atom is 0.348 e. The molecule has 7 heteroatoms. The number of nitroso groups, excluding NO2 is 1. The van der Waals surface area contributed by atoms with Gasteiger partial charge in [-0.15, -0.1) is 9.92 Å². The van der Waals surface area contributed by atoms with Gasteiger partial charge in [0.05, 0.1) is 5.29 Å². The fraction of sp³-hybridized carbons (Fsp3) is 0.667. The number of carbonyl (C=O) groups is 2. The van der Waals surface area contributed by atoms with E-state index < -0.39 is 17.4 Å². The van der Waals surface area contributed by atoms with Gasteiger partial charge in [0.2, 0.25) is 0 Å². The maximum atomic E-state index is 11.0. The number of hydrogen-bond donors (Lipinski definition) is 1. The van der Waals surface area contributed by atoms with Gasteiger partial charge in [0.15, 0.2) is 0 Å². The van der Waals surface area contributed by atoms with Gasteiger partial charge in [-0.25, -0.2) is 4.79 Å². The van der Waals surface area contributed by atoms with E-state index in [2.05, 4.69) is 10.6 Å². The lowest BCUT2D eigenvalue weighted by Crippen LogP contribution is -2.42. The van der Waals surface area contributed by atoms with Crippen LogP contribution in [0.2, 0.25) is 0 Å². The summed E-state index contributed by atoms with van der Waals surface area (Å²) in [4.78, 5) is 32.0. The molecule has 0 aromatic rings. The van der Waals surface area contributed by atoms with E-state index in [0.717, 1.165) is 0 Å². The van der Waals surface area contributed by atoms with Crippen LogP contribution in [0.1, 0.15) is 20.3 Å². The first kappa shape index (κ1) is 11.8. The van der Waals surface area contributed by atoms with Crippen molar-refractivity contribution >= 4 is 23.5 Å². The van der Waals surface area contributed by atoms with Crippen LogP contribution in [-0.2, 0) is 4.79 Å². The second-order valence-electron chi connectivity index (χ2n) is 2.21. The minimum atomic E-state index is -0.913. The Balaban J connectivity index is 4.32. The zero-order valence-corrected chi connectivity index (χ0v) is 8.04. The zero-order chi connectivity index (χ0) is 10.4. The SMILES string of the molecule is CCC(=O)N(N=O)C(=O)NC(C)Cl.